The Labute approximate surface area is 124 Å². The molecule has 0 saturated carbocycles. The second-order valence-electron chi connectivity index (χ2n) is 4.77. The summed E-state index contributed by atoms with van der Waals surface area (Å²) >= 11 is 5.89. The van der Waals surface area contributed by atoms with Crippen molar-refractivity contribution in [2.24, 2.45) is 0 Å². The summed E-state index contributed by atoms with van der Waals surface area (Å²) < 4.78 is 0. The van der Waals surface area contributed by atoms with Gasteiger partial charge in [-0.2, -0.15) is 0 Å². The van der Waals surface area contributed by atoms with Crippen LogP contribution in [0.3, 0.4) is 0 Å². The summed E-state index contributed by atoms with van der Waals surface area (Å²) in [6.07, 6.45) is 1.28. The van der Waals surface area contributed by atoms with E-state index in [4.69, 9.17) is 11.6 Å². The van der Waals surface area contributed by atoms with E-state index in [2.05, 4.69) is 6.58 Å². The van der Waals surface area contributed by atoms with Crippen LogP contribution in [-0.4, -0.2) is 11.2 Å². The Bertz CT molecular complexity index is 612. The molecule has 0 saturated heterocycles. The fraction of sp³-hybridized carbons (Fsp3) is 0.111. The summed E-state index contributed by atoms with van der Waals surface area (Å²) in [5, 5.41) is 11.1. The molecule has 20 heavy (non-hydrogen) atoms. The predicted molar refractivity (Wildman–Crippen MR) is 86.6 cm³/mol. The van der Waals surface area contributed by atoms with Gasteiger partial charge in [0.15, 0.2) is 0 Å². The molecule has 2 aromatic rings. The van der Waals surface area contributed by atoms with Crippen LogP contribution in [0.1, 0.15) is 18.1 Å². The molecule has 0 aliphatic rings. The number of rotatable bonds is 4. The average molecular weight is 285 g/mol. The zero-order valence-electron chi connectivity index (χ0n) is 11.4. The van der Waals surface area contributed by atoms with E-state index in [0.29, 0.717) is 10.6 Å². The van der Waals surface area contributed by atoms with Gasteiger partial charge in [0.25, 0.3) is 0 Å². The number of aliphatic hydroxyl groups excluding tert-OH is 1. The molecule has 0 radical (unpaired) electrons. The first-order valence-corrected chi connectivity index (χ1v) is 6.82. The molecule has 0 bridgehead atoms. The van der Waals surface area contributed by atoms with Crippen molar-refractivity contribution in [2.75, 3.05) is 0 Å². The molecule has 0 aliphatic carbocycles. The van der Waals surface area contributed by atoms with Crippen LogP contribution in [0.5, 0.6) is 0 Å². The highest BCUT2D eigenvalue weighted by Gasteiger charge is 2.13. The summed E-state index contributed by atoms with van der Waals surface area (Å²) in [6, 6.07) is 17.4. The number of benzene rings is 2. The molecular weight excluding hydrogens is 268 g/mol. The molecule has 0 spiro atoms. The van der Waals surface area contributed by atoms with Gasteiger partial charge < -0.3 is 5.11 Å². The Morgan fingerprint density at radius 1 is 1.10 bits per heavy atom. The Morgan fingerprint density at radius 3 is 2.25 bits per heavy atom. The van der Waals surface area contributed by atoms with Crippen molar-refractivity contribution < 1.29 is 5.11 Å². The Kier molecular flexibility index (Phi) is 4.78. The molecule has 0 aliphatic heterocycles. The van der Waals surface area contributed by atoms with Crippen LogP contribution in [-0.2, 0) is 0 Å². The third-order valence-electron chi connectivity index (χ3n) is 3.06. The maximum Gasteiger partial charge on any atom is 0.100 e. The molecule has 1 nitrogen and oxygen atoms in total. The van der Waals surface area contributed by atoms with Gasteiger partial charge in [0.1, 0.15) is 6.10 Å². The third kappa shape index (κ3) is 3.60. The lowest BCUT2D eigenvalue weighted by Gasteiger charge is -2.16. The van der Waals surface area contributed by atoms with Crippen LogP contribution in [0.15, 0.2) is 66.7 Å². The molecular formula is C18H17ClO. The van der Waals surface area contributed by atoms with Gasteiger partial charge in [0.05, 0.1) is 0 Å². The van der Waals surface area contributed by atoms with Crippen LogP contribution >= 0.6 is 11.6 Å². The molecule has 0 amide bonds. The molecule has 1 N–H and O–H groups in total. The van der Waals surface area contributed by atoms with E-state index in [1.807, 2.05) is 67.6 Å². The van der Waals surface area contributed by atoms with Gasteiger partial charge in [-0.05, 0) is 47.4 Å². The first-order valence-electron chi connectivity index (χ1n) is 6.44. The van der Waals surface area contributed by atoms with E-state index < -0.39 is 6.10 Å². The van der Waals surface area contributed by atoms with Crippen molar-refractivity contribution in [1.29, 1.82) is 0 Å². The van der Waals surface area contributed by atoms with Crippen LogP contribution in [0.25, 0.3) is 11.6 Å². The second kappa shape index (κ2) is 6.56. The minimum atomic E-state index is -0.687. The van der Waals surface area contributed by atoms with E-state index in [9.17, 15) is 5.11 Å². The van der Waals surface area contributed by atoms with E-state index in [0.717, 1.165) is 16.7 Å². The molecule has 2 heteroatoms. The van der Waals surface area contributed by atoms with Crippen LogP contribution < -0.4 is 0 Å². The third-order valence-corrected chi connectivity index (χ3v) is 3.31. The van der Waals surface area contributed by atoms with E-state index in [-0.39, 0.29) is 0 Å². The van der Waals surface area contributed by atoms with Gasteiger partial charge in [0.2, 0.25) is 0 Å². The molecule has 2 rings (SSSR count). The maximum atomic E-state index is 10.4. The predicted octanol–water partition coefficient (Wildman–Crippen LogP) is 4.82. The van der Waals surface area contributed by atoms with Gasteiger partial charge in [-0.1, -0.05) is 60.6 Å². The van der Waals surface area contributed by atoms with E-state index in [1.54, 1.807) is 0 Å². The maximum absolute atomic E-state index is 10.4. The molecule has 1 atom stereocenters. The molecule has 0 fully saturated rings. The van der Waals surface area contributed by atoms with Crippen LogP contribution in [0, 0.1) is 0 Å². The fourth-order valence-electron chi connectivity index (χ4n) is 1.95. The number of aliphatic hydroxyl groups is 1. The summed E-state index contributed by atoms with van der Waals surface area (Å²) in [5.74, 6) is 0. The fourth-order valence-corrected chi connectivity index (χ4v) is 2.08. The number of hydrogen-bond donors (Lipinski definition) is 1. The Hall–Kier alpha value is -1.83. The van der Waals surface area contributed by atoms with Gasteiger partial charge in [-0.15, -0.1) is 0 Å². The average Bonchev–Trinajstić information content (AvgIpc) is 2.47. The lowest BCUT2D eigenvalue weighted by atomic mass is 9.94. The molecule has 2 aromatic carbocycles. The topological polar surface area (TPSA) is 20.2 Å². The lowest BCUT2D eigenvalue weighted by molar-refractivity contribution is 0.269. The normalized spacial score (nSPS) is 13.1. The largest absolute Gasteiger partial charge is 0.384 e. The zero-order chi connectivity index (χ0) is 14.5. The number of halogens is 1. The molecule has 1 unspecified atom stereocenters. The highest BCUT2D eigenvalue weighted by atomic mass is 35.5. The molecule has 102 valence electrons. The van der Waals surface area contributed by atoms with E-state index >= 15 is 0 Å². The van der Waals surface area contributed by atoms with Crippen molar-refractivity contribution in [3.63, 3.8) is 0 Å². The van der Waals surface area contributed by atoms with Gasteiger partial charge in [-0.3, -0.25) is 0 Å². The standard InChI is InChI=1S/C18H17ClO/c1-13(2)18(20)17(15-6-4-3-5-7-15)12-14-8-10-16(19)11-9-14/h3-12,18,20H,1H2,2H3/b17-12+. The second-order valence-corrected chi connectivity index (χ2v) is 5.20. The van der Waals surface area contributed by atoms with Crippen LogP contribution in [0.4, 0.5) is 0 Å². The molecule has 0 heterocycles. The summed E-state index contributed by atoms with van der Waals surface area (Å²) in [7, 11) is 0. The monoisotopic (exact) mass is 284 g/mol. The van der Waals surface area contributed by atoms with E-state index in [1.165, 1.54) is 0 Å². The zero-order valence-corrected chi connectivity index (χ0v) is 12.1. The Morgan fingerprint density at radius 2 is 1.70 bits per heavy atom. The highest BCUT2D eigenvalue weighted by Crippen LogP contribution is 2.25. The Balaban J connectivity index is 2.46. The quantitative estimate of drug-likeness (QED) is 0.630. The first kappa shape index (κ1) is 14.6. The van der Waals surface area contributed by atoms with Crippen molar-refractivity contribution in [3.8, 4) is 0 Å². The lowest BCUT2D eigenvalue weighted by Crippen LogP contribution is -2.10. The van der Waals surface area contributed by atoms with Gasteiger partial charge in [-0.25, -0.2) is 0 Å². The summed E-state index contributed by atoms with van der Waals surface area (Å²) in [6.45, 7) is 5.67. The van der Waals surface area contributed by atoms with Gasteiger partial charge >= 0.3 is 0 Å². The van der Waals surface area contributed by atoms with Crippen molar-refractivity contribution in [2.45, 2.75) is 13.0 Å². The van der Waals surface area contributed by atoms with Crippen molar-refractivity contribution >= 4 is 23.3 Å². The minimum Gasteiger partial charge on any atom is -0.384 e. The van der Waals surface area contributed by atoms with Gasteiger partial charge in [0, 0.05) is 5.02 Å². The summed E-state index contributed by atoms with van der Waals surface area (Å²) in [5.41, 5.74) is 3.53. The van der Waals surface area contributed by atoms with Crippen LogP contribution in [0.2, 0.25) is 5.02 Å². The minimum absolute atomic E-state index is 0.687. The molecule has 0 aromatic heterocycles. The summed E-state index contributed by atoms with van der Waals surface area (Å²) in [4.78, 5) is 0. The van der Waals surface area contributed by atoms with Crippen molar-refractivity contribution in [3.05, 3.63) is 82.9 Å². The smallest absolute Gasteiger partial charge is 0.100 e. The first-order chi connectivity index (χ1) is 9.58. The SMILES string of the molecule is C=C(C)C(O)/C(=C/c1ccc(Cl)cc1)c1ccccc1. The van der Waals surface area contributed by atoms with Crippen molar-refractivity contribution in [1.82, 2.24) is 0 Å². The number of hydrogen-bond acceptors (Lipinski definition) is 1. The highest BCUT2D eigenvalue weighted by molar-refractivity contribution is 6.30.